The Balaban J connectivity index is 2.26. The van der Waals surface area contributed by atoms with E-state index in [1.54, 1.807) is 12.1 Å². The predicted octanol–water partition coefficient (Wildman–Crippen LogP) is 0.355. The zero-order valence-corrected chi connectivity index (χ0v) is 9.01. The van der Waals surface area contributed by atoms with Crippen molar-refractivity contribution in [3.8, 4) is 6.07 Å². The van der Waals surface area contributed by atoms with E-state index in [0.717, 1.165) is 0 Å². The van der Waals surface area contributed by atoms with Crippen LogP contribution < -0.4 is 10.6 Å². The fourth-order valence-electron chi connectivity index (χ4n) is 1.93. The highest BCUT2D eigenvalue weighted by molar-refractivity contribution is 5.84. The Bertz CT molecular complexity index is 467. The van der Waals surface area contributed by atoms with Gasteiger partial charge in [0, 0.05) is 12.6 Å². The second-order valence-electron chi connectivity index (χ2n) is 3.92. The molecule has 0 aromatic carbocycles. The molecule has 1 aliphatic rings. The quantitative estimate of drug-likeness (QED) is 0.800. The maximum absolute atomic E-state index is 13.3. The molecule has 5 nitrogen and oxygen atoms in total. The zero-order valence-electron chi connectivity index (χ0n) is 9.01. The smallest absolute Gasteiger partial charge is 0.240 e. The molecule has 2 N–H and O–H groups in total. The molecule has 6 heteroatoms. The molecule has 0 radical (unpaired) electrons. The fraction of sp³-hybridized carbons (Fsp3) is 0.364. The predicted molar refractivity (Wildman–Crippen MR) is 58.8 cm³/mol. The van der Waals surface area contributed by atoms with Gasteiger partial charge in [0.25, 0.3) is 0 Å². The van der Waals surface area contributed by atoms with E-state index in [2.05, 4.69) is 4.98 Å². The van der Waals surface area contributed by atoms with Gasteiger partial charge in [0.1, 0.15) is 24.1 Å². The van der Waals surface area contributed by atoms with Gasteiger partial charge in [-0.3, -0.25) is 4.79 Å². The molecule has 1 amide bonds. The molecule has 0 saturated carbocycles. The molecule has 1 aliphatic heterocycles. The highest BCUT2D eigenvalue weighted by Crippen LogP contribution is 2.25. The number of nitrogens with zero attached hydrogens (tertiary/aromatic N) is 3. The summed E-state index contributed by atoms with van der Waals surface area (Å²) >= 11 is 0. The van der Waals surface area contributed by atoms with E-state index in [9.17, 15) is 9.18 Å². The summed E-state index contributed by atoms with van der Waals surface area (Å²) in [6.07, 6.45) is 0.403. The number of hydrogen-bond donors (Lipinski definition) is 1. The van der Waals surface area contributed by atoms with Gasteiger partial charge in [0.15, 0.2) is 0 Å². The minimum atomic E-state index is -1.08. The lowest BCUT2D eigenvalue weighted by Crippen LogP contribution is -2.40. The summed E-state index contributed by atoms with van der Waals surface area (Å²) in [5.74, 6) is -0.0933. The number of carbonyl (C=O) groups excluding carboxylic acids is 1. The summed E-state index contributed by atoms with van der Waals surface area (Å²) in [6.45, 7) is 0.104. The monoisotopic (exact) mass is 234 g/mol. The van der Waals surface area contributed by atoms with Crippen LogP contribution in [0, 0.1) is 11.3 Å². The van der Waals surface area contributed by atoms with E-state index in [0.29, 0.717) is 11.4 Å². The third kappa shape index (κ3) is 2.18. The lowest BCUT2D eigenvalue weighted by molar-refractivity contribution is -0.119. The Labute approximate surface area is 97.7 Å². The van der Waals surface area contributed by atoms with Crippen LogP contribution in [0.4, 0.5) is 10.2 Å². The van der Waals surface area contributed by atoms with Crippen LogP contribution in [0.25, 0.3) is 0 Å². The second-order valence-corrected chi connectivity index (χ2v) is 3.92. The number of anilines is 1. The first kappa shape index (κ1) is 11.3. The van der Waals surface area contributed by atoms with Gasteiger partial charge in [-0.05, 0) is 12.1 Å². The molecule has 1 aromatic heterocycles. The summed E-state index contributed by atoms with van der Waals surface area (Å²) in [5, 5.41) is 8.64. The first-order valence-corrected chi connectivity index (χ1v) is 5.18. The summed E-state index contributed by atoms with van der Waals surface area (Å²) in [6, 6.07) is 4.44. The number of amides is 1. The average molecular weight is 234 g/mol. The zero-order chi connectivity index (χ0) is 12.4. The van der Waals surface area contributed by atoms with Crippen molar-refractivity contribution in [1.29, 1.82) is 5.26 Å². The highest BCUT2D eigenvalue weighted by atomic mass is 19.1. The third-order valence-electron chi connectivity index (χ3n) is 2.75. The Morgan fingerprint density at radius 1 is 1.65 bits per heavy atom. The highest BCUT2D eigenvalue weighted by Gasteiger charge is 2.36. The van der Waals surface area contributed by atoms with Gasteiger partial charge in [-0.1, -0.05) is 0 Å². The van der Waals surface area contributed by atoms with Gasteiger partial charge in [0.05, 0.1) is 12.1 Å². The molecule has 2 rings (SSSR count). The van der Waals surface area contributed by atoms with E-state index in [1.807, 2.05) is 6.07 Å². The van der Waals surface area contributed by atoms with Crippen LogP contribution in [0.15, 0.2) is 18.3 Å². The number of nitriles is 1. The van der Waals surface area contributed by atoms with E-state index < -0.39 is 18.1 Å². The van der Waals surface area contributed by atoms with Crippen LogP contribution in [-0.2, 0) is 4.79 Å². The number of pyridine rings is 1. The van der Waals surface area contributed by atoms with Gasteiger partial charge >= 0.3 is 0 Å². The van der Waals surface area contributed by atoms with Crippen LogP contribution in [0.2, 0.25) is 0 Å². The maximum Gasteiger partial charge on any atom is 0.240 e. The van der Waals surface area contributed by atoms with Crippen molar-refractivity contribution in [3.63, 3.8) is 0 Å². The molecule has 0 aliphatic carbocycles. The number of primary amides is 1. The molecular weight excluding hydrogens is 223 g/mol. The molecule has 2 heterocycles. The number of halogens is 1. The van der Waals surface area contributed by atoms with Crippen LogP contribution in [-0.4, -0.2) is 29.6 Å². The summed E-state index contributed by atoms with van der Waals surface area (Å²) in [7, 11) is 0. The van der Waals surface area contributed by atoms with E-state index >= 15 is 0 Å². The van der Waals surface area contributed by atoms with Crippen LogP contribution in [0.5, 0.6) is 0 Å². The van der Waals surface area contributed by atoms with Crippen molar-refractivity contribution < 1.29 is 9.18 Å². The SMILES string of the molecule is N#Cc1ccc(N2C[C@H](F)C[C@H]2C(N)=O)nc1. The van der Waals surface area contributed by atoms with Crippen molar-refractivity contribution in [2.45, 2.75) is 18.6 Å². The molecule has 17 heavy (non-hydrogen) atoms. The normalized spacial score (nSPS) is 23.4. The summed E-state index contributed by atoms with van der Waals surface area (Å²) in [5.41, 5.74) is 5.63. The molecule has 2 atom stereocenters. The number of alkyl halides is 1. The number of carbonyl (C=O) groups is 1. The van der Waals surface area contributed by atoms with Gasteiger partial charge < -0.3 is 10.6 Å². The number of hydrogen-bond acceptors (Lipinski definition) is 4. The fourth-order valence-corrected chi connectivity index (χ4v) is 1.93. The Morgan fingerprint density at radius 3 is 2.94 bits per heavy atom. The molecule has 1 fully saturated rings. The van der Waals surface area contributed by atoms with Crippen LogP contribution in [0.1, 0.15) is 12.0 Å². The molecule has 1 saturated heterocycles. The Hall–Kier alpha value is -2.16. The molecule has 0 spiro atoms. The molecule has 88 valence electrons. The topological polar surface area (TPSA) is 83.0 Å². The first-order valence-electron chi connectivity index (χ1n) is 5.18. The van der Waals surface area contributed by atoms with Crippen LogP contribution in [0.3, 0.4) is 0 Å². The van der Waals surface area contributed by atoms with Crippen LogP contribution >= 0.6 is 0 Å². The van der Waals surface area contributed by atoms with Crippen molar-refractivity contribution in [3.05, 3.63) is 23.9 Å². The standard InChI is InChI=1S/C11H11FN4O/c12-8-3-9(11(14)17)16(6-8)10-2-1-7(4-13)5-15-10/h1-2,5,8-9H,3,6H2,(H2,14,17)/t8-,9+/m1/s1. The minimum absolute atomic E-state index is 0.0943. The third-order valence-corrected chi connectivity index (χ3v) is 2.75. The number of nitrogens with two attached hydrogens (primary N) is 1. The summed E-state index contributed by atoms with van der Waals surface area (Å²) < 4.78 is 13.3. The summed E-state index contributed by atoms with van der Waals surface area (Å²) in [4.78, 5) is 16.8. The maximum atomic E-state index is 13.3. The van der Waals surface area contributed by atoms with E-state index in [4.69, 9.17) is 11.0 Å². The molecule has 0 bridgehead atoms. The minimum Gasteiger partial charge on any atom is -0.368 e. The number of rotatable bonds is 2. The van der Waals surface area contributed by atoms with E-state index in [1.165, 1.54) is 11.1 Å². The van der Waals surface area contributed by atoms with E-state index in [-0.39, 0.29) is 13.0 Å². The molecule has 1 aromatic rings. The molecule has 0 unspecified atom stereocenters. The van der Waals surface area contributed by atoms with Crippen molar-refractivity contribution in [2.24, 2.45) is 5.73 Å². The van der Waals surface area contributed by atoms with Gasteiger partial charge in [-0.15, -0.1) is 0 Å². The lowest BCUT2D eigenvalue weighted by Gasteiger charge is -2.22. The average Bonchev–Trinajstić information content (AvgIpc) is 2.72. The first-order chi connectivity index (χ1) is 8.11. The largest absolute Gasteiger partial charge is 0.368 e. The Kier molecular flexibility index (Phi) is 2.91. The van der Waals surface area contributed by atoms with Gasteiger partial charge in [0.2, 0.25) is 5.91 Å². The lowest BCUT2D eigenvalue weighted by atomic mass is 10.2. The molecular formula is C11H11FN4O. The van der Waals surface area contributed by atoms with Crippen molar-refractivity contribution >= 4 is 11.7 Å². The van der Waals surface area contributed by atoms with Crippen molar-refractivity contribution in [2.75, 3.05) is 11.4 Å². The second kappa shape index (κ2) is 4.37. The van der Waals surface area contributed by atoms with Crippen molar-refractivity contribution in [1.82, 2.24) is 4.98 Å². The number of aromatic nitrogens is 1. The Morgan fingerprint density at radius 2 is 2.41 bits per heavy atom. The van der Waals surface area contributed by atoms with Gasteiger partial charge in [-0.25, -0.2) is 9.37 Å². The van der Waals surface area contributed by atoms with Gasteiger partial charge in [-0.2, -0.15) is 5.26 Å².